The van der Waals surface area contributed by atoms with Crippen LogP contribution in [-0.4, -0.2) is 10.9 Å². The van der Waals surface area contributed by atoms with Crippen molar-refractivity contribution in [2.45, 2.75) is 72.1 Å². The number of hydrogen-bond donors (Lipinski definition) is 1. The predicted molar refractivity (Wildman–Crippen MR) is 117 cm³/mol. The number of rotatable bonds is 2. The fraction of sp³-hybridized carbons (Fsp3) is 0.615. The molecule has 2 fully saturated rings. The molecule has 3 unspecified atom stereocenters. The van der Waals surface area contributed by atoms with Crippen LogP contribution < -0.4 is 5.32 Å². The summed E-state index contributed by atoms with van der Waals surface area (Å²) in [5, 5.41) is 3.04. The van der Waals surface area contributed by atoms with Crippen molar-refractivity contribution in [3.8, 4) is 0 Å². The molecule has 5 rings (SSSR count). The molecule has 1 N–H and O–H groups in total. The lowest BCUT2D eigenvalue weighted by Gasteiger charge is -2.57. The Morgan fingerprint density at radius 1 is 1.10 bits per heavy atom. The molecule has 29 heavy (non-hydrogen) atoms. The summed E-state index contributed by atoms with van der Waals surface area (Å²) >= 11 is 0. The number of aromatic nitrogens is 1. The number of carbonyl (C=O) groups excluding carboxylic acids is 1. The molecular weight excluding hydrogens is 356 g/mol. The van der Waals surface area contributed by atoms with Gasteiger partial charge in [-0.25, -0.2) is 0 Å². The summed E-state index contributed by atoms with van der Waals surface area (Å²) in [5.74, 6) is 2.39. The van der Waals surface area contributed by atoms with Gasteiger partial charge in [-0.05, 0) is 102 Å². The monoisotopic (exact) mass is 390 g/mol. The first-order valence-electron chi connectivity index (χ1n) is 11.6. The number of nitrogens with zero attached hydrogens (tertiary/aromatic N) is 1. The Balaban J connectivity index is 1.46. The molecule has 4 aliphatic rings. The van der Waals surface area contributed by atoms with E-state index in [1.54, 1.807) is 5.57 Å². The van der Waals surface area contributed by atoms with Crippen molar-refractivity contribution in [2.24, 2.45) is 28.6 Å². The van der Waals surface area contributed by atoms with Crippen LogP contribution in [0.3, 0.4) is 0 Å². The number of aryl methyl sites for hydroxylation is 1. The zero-order chi connectivity index (χ0) is 20.2. The Morgan fingerprint density at radius 3 is 2.79 bits per heavy atom. The van der Waals surface area contributed by atoms with Crippen molar-refractivity contribution < 1.29 is 4.79 Å². The minimum atomic E-state index is 0.190. The van der Waals surface area contributed by atoms with E-state index in [1.165, 1.54) is 42.4 Å². The van der Waals surface area contributed by atoms with Gasteiger partial charge in [-0.15, -0.1) is 0 Å². The second-order valence-corrected chi connectivity index (χ2v) is 10.3. The van der Waals surface area contributed by atoms with E-state index >= 15 is 0 Å². The Hall–Kier alpha value is -1.90. The average Bonchev–Trinajstić information content (AvgIpc) is 3.01. The minimum Gasteiger partial charge on any atom is -0.333 e. The van der Waals surface area contributed by atoms with E-state index < -0.39 is 0 Å². The predicted octanol–water partition coefficient (Wildman–Crippen LogP) is 5.67. The van der Waals surface area contributed by atoms with Gasteiger partial charge in [-0.3, -0.25) is 9.78 Å². The summed E-state index contributed by atoms with van der Waals surface area (Å²) < 4.78 is 0. The summed E-state index contributed by atoms with van der Waals surface area (Å²) in [4.78, 5) is 16.6. The van der Waals surface area contributed by atoms with E-state index in [2.05, 4.69) is 55.6 Å². The van der Waals surface area contributed by atoms with Crippen molar-refractivity contribution in [3.63, 3.8) is 0 Å². The van der Waals surface area contributed by atoms with E-state index in [4.69, 9.17) is 0 Å². The molecule has 0 saturated heterocycles. The van der Waals surface area contributed by atoms with E-state index in [9.17, 15) is 4.79 Å². The molecule has 154 valence electrons. The second kappa shape index (κ2) is 6.82. The lowest BCUT2D eigenvalue weighted by atomic mass is 9.47. The van der Waals surface area contributed by atoms with Gasteiger partial charge in [0.1, 0.15) is 0 Å². The highest BCUT2D eigenvalue weighted by Crippen LogP contribution is 2.66. The van der Waals surface area contributed by atoms with Crippen LogP contribution in [0.2, 0.25) is 0 Å². The fourth-order valence-electron chi connectivity index (χ4n) is 7.37. The first-order valence-corrected chi connectivity index (χ1v) is 11.6. The Bertz CT molecular complexity index is 900. The highest BCUT2D eigenvalue weighted by molar-refractivity contribution is 5.77. The molecule has 0 bridgehead atoms. The van der Waals surface area contributed by atoms with Gasteiger partial charge in [0.2, 0.25) is 5.91 Å². The third-order valence-electron chi connectivity index (χ3n) is 9.11. The van der Waals surface area contributed by atoms with E-state index in [-0.39, 0.29) is 16.7 Å². The van der Waals surface area contributed by atoms with Gasteiger partial charge in [0.25, 0.3) is 0 Å². The molecule has 5 atom stereocenters. The largest absolute Gasteiger partial charge is 0.333 e. The molecule has 3 heteroatoms. The van der Waals surface area contributed by atoms with Crippen LogP contribution in [0, 0.1) is 28.6 Å². The van der Waals surface area contributed by atoms with Gasteiger partial charge in [0.05, 0.1) is 0 Å². The van der Waals surface area contributed by atoms with Gasteiger partial charge >= 0.3 is 0 Å². The number of allylic oxidation sites excluding steroid dienone is 3. The van der Waals surface area contributed by atoms with Crippen LogP contribution in [0.5, 0.6) is 0 Å². The standard InChI is InChI=1S/C26H34N2O/c1-4-17-13-18(15-27-14-17)21-7-8-22-20-6-5-19-16-28-24(29)10-12-25(19,2)23(20)9-11-26(21,22)3/h7,13-16,20,22-23H,4-6,8-12H2,1-3H3,(H,28,29)/t20?,22?,23?,25-,26+/m0/s1. The van der Waals surface area contributed by atoms with E-state index in [0.717, 1.165) is 31.1 Å². The van der Waals surface area contributed by atoms with Gasteiger partial charge in [0.15, 0.2) is 0 Å². The summed E-state index contributed by atoms with van der Waals surface area (Å²) in [7, 11) is 0. The maximum Gasteiger partial charge on any atom is 0.223 e. The molecule has 0 aromatic carbocycles. The molecule has 1 aromatic rings. The average molecular weight is 391 g/mol. The third kappa shape index (κ3) is 2.84. The zero-order valence-corrected chi connectivity index (χ0v) is 18.1. The zero-order valence-electron chi connectivity index (χ0n) is 18.1. The highest BCUT2D eigenvalue weighted by Gasteiger charge is 2.56. The molecule has 2 heterocycles. The summed E-state index contributed by atoms with van der Waals surface area (Å²) in [5.41, 5.74) is 6.19. The van der Waals surface area contributed by atoms with Crippen molar-refractivity contribution in [1.29, 1.82) is 0 Å². The fourth-order valence-corrected chi connectivity index (χ4v) is 7.37. The van der Waals surface area contributed by atoms with Gasteiger partial charge < -0.3 is 5.32 Å². The Kier molecular flexibility index (Phi) is 4.49. The second-order valence-electron chi connectivity index (χ2n) is 10.3. The Labute approximate surface area is 175 Å². The van der Waals surface area contributed by atoms with Crippen molar-refractivity contribution in [1.82, 2.24) is 10.3 Å². The number of amides is 1. The SMILES string of the molecule is CCc1cncc(C2=CCC3C4CCC5=CNC(=O)CC[C@]5(C)C4CC[C@]23C)c1. The number of pyridine rings is 1. The first kappa shape index (κ1) is 19.1. The smallest absolute Gasteiger partial charge is 0.223 e. The topological polar surface area (TPSA) is 42.0 Å². The minimum absolute atomic E-state index is 0.190. The van der Waals surface area contributed by atoms with E-state index in [0.29, 0.717) is 12.3 Å². The molecule has 1 aliphatic heterocycles. The van der Waals surface area contributed by atoms with Gasteiger partial charge in [-0.2, -0.15) is 0 Å². The number of carbonyl (C=O) groups is 1. The Morgan fingerprint density at radius 2 is 1.97 bits per heavy atom. The molecular formula is C26H34N2O. The molecule has 0 radical (unpaired) electrons. The number of nitrogens with one attached hydrogen (secondary N) is 1. The molecule has 2 saturated carbocycles. The van der Waals surface area contributed by atoms with Crippen LogP contribution in [0.25, 0.3) is 5.57 Å². The van der Waals surface area contributed by atoms with Crippen molar-refractivity contribution in [3.05, 3.63) is 47.4 Å². The summed E-state index contributed by atoms with van der Waals surface area (Å²) in [6, 6.07) is 2.37. The molecule has 3 aliphatic carbocycles. The van der Waals surface area contributed by atoms with Gasteiger partial charge in [-0.1, -0.05) is 26.8 Å². The van der Waals surface area contributed by atoms with Crippen LogP contribution in [0.15, 0.2) is 36.3 Å². The first-order chi connectivity index (χ1) is 14.0. The number of fused-ring (bicyclic) bond motifs is 5. The van der Waals surface area contributed by atoms with Crippen molar-refractivity contribution >= 4 is 11.5 Å². The maximum absolute atomic E-state index is 12.0. The van der Waals surface area contributed by atoms with Crippen LogP contribution in [0.4, 0.5) is 0 Å². The number of hydrogen-bond acceptors (Lipinski definition) is 2. The summed E-state index contributed by atoms with van der Waals surface area (Å²) in [6.07, 6.45) is 17.6. The maximum atomic E-state index is 12.0. The van der Waals surface area contributed by atoms with Crippen LogP contribution >= 0.6 is 0 Å². The molecule has 0 spiro atoms. The van der Waals surface area contributed by atoms with E-state index in [1.807, 2.05) is 6.20 Å². The normalized spacial score (nSPS) is 38.7. The lowest BCUT2D eigenvalue weighted by Crippen LogP contribution is -2.48. The van der Waals surface area contributed by atoms with Crippen LogP contribution in [-0.2, 0) is 11.2 Å². The van der Waals surface area contributed by atoms with Gasteiger partial charge in [0, 0.05) is 25.0 Å². The summed E-state index contributed by atoms with van der Waals surface area (Å²) in [6.45, 7) is 7.19. The van der Waals surface area contributed by atoms with Crippen molar-refractivity contribution in [2.75, 3.05) is 0 Å². The van der Waals surface area contributed by atoms with Crippen LogP contribution in [0.1, 0.15) is 76.8 Å². The molecule has 3 nitrogen and oxygen atoms in total. The molecule has 1 aromatic heterocycles. The highest BCUT2D eigenvalue weighted by atomic mass is 16.1. The third-order valence-corrected chi connectivity index (χ3v) is 9.11. The quantitative estimate of drug-likeness (QED) is 0.706. The lowest BCUT2D eigenvalue weighted by molar-refractivity contribution is -0.120. The molecule has 1 amide bonds.